The first-order valence-electron chi connectivity index (χ1n) is 14.2. The first kappa shape index (κ1) is 29.7. The Labute approximate surface area is 251 Å². The van der Waals surface area contributed by atoms with Crippen LogP contribution in [0.2, 0.25) is 0 Å². The third-order valence-corrected chi connectivity index (χ3v) is 7.91. The summed E-state index contributed by atoms with van der Waals surface area (Å²) >= 11 is 0. The van der Waals surface area contributed by atoms with Crippen LogP contribution in [0.15, 0.2) is 72.8 Å². The largest absolute Gasteiger partial charge is 0.508 e. The molecule has 0 saturated carbocycles. The number of hydrogen-bond acceptors (Lipinski definition) is 7. The standard InChI is InChI=1S/C32H38N6O5/c1-34(2)30-24(11-8-12-27(30)43-4)19-36-20-28-37(26(31(36)41)17-22-13-15-25(39)16-14-22)29(40)21-35(3)38(28)32(42)33-18-23-9-6-5-7-10-23/h5-16,26,28,39H,17-21H2,1-4H3,(H,33,42)/t26-,28+/m0/s1. The summed E-state index contributed by atoms with van der Waals surface area (Å²) in [4.78, 5) is 46.7. The van der Waals surface area contributed by atoms with Crippen LogP contribution in [0, 0.1) is 0 Å². The molecule has 3 aromatic carbocycles. The van der Waals surface area contributed by atoms with Gasteiger partial charge in [0.2, 0.25) is 11.8 Å². The molecule has 0 aliphatic carbocycles. The van der Waals surface area contributed by atoms with E-state index < -0.39 is 12.2 Å². The number of hydrazine groups is 1. The molecule has 0 spiro atoms. The smallest absolute Gasteiger partial charge is 0.334 e. The molecule has 2 atom stereocenters. The molecule has 2 fully saturated rings. The Morgan fingerprint density at radius 3 is 2.40 bits per heavy atom. The highest BCUT2D eigenvalue weighted by atomic mass is 16.5. The number of urea groups is 1. The lowest BCUT2D eigenvalue weighted by molar-refractivity contribution is -0.187. The fourth-order valence-electron chi connectivity index (χ4n) is 5.93. The van der Waals surface area contributed by atoms with Crippen molar-refractivity contribution in [3.63, 3.8) is 0 Å². The number of carbonyl (C=O) groups is 3. The first-order chi connectivity index (χ1) is 20.7. The van der Waals surface area contributed by atoms with Crippen molar-refractivity contribution in [1.82, 2.24) is 25.1 Å². The van der Waals surface area contributed by atoms with Crippen molar-refractivity contribution in [3.8, 4) is 11.5 Å². The fourth-order valence-corrected chi connectivity index (χ4v) is 5.93. The number of phenols is 1. The number of methoxy groups -OCH3 is 1. The zero-order valence-corrected chi connectivity index (χ0v) is 24.9. The highest BCUT2D eigenvalue weighted by molar-refractivity contribution is 5.91. The van der Waals surface area contributed by atoms with Crippen molar-refractivity contribution >= 4 is 23.5 Å². The Morgan fingerprint density at radius 1 is 1.00 bits per heavy atom. The molecule has 2 saturated heterocycles. The summed E-state index contributed by atoms with van der Waals surface area (Å²) in [5.74, 6) is 0.360. The molecule has 4 amide bonds. The number of hydrogen-bond donors (Lipinski definition) is 2. The maximum absolute atomic E-state index is 14.2. The molecule has 2 heterocycles. The average molecular weight is 587 g/mol. The minimum absolute atomic E-state index is 0.0464. The van der Waals surface area contributed by atoms with Gasteiger partial charge in [-0.1, -0.05) is 54.6 Å². The SMILES string of the molecule is COc1cccc(CN2C[C@@H]3N(C(=O)CN(C)N3C(=O)NCc3ccccc3)[C@@H](Cc3ccc(O)cc3)C2=O)c1N(C)C. The predicted octanol–water partition coefficient (Wildman–Crippen LogP) is 2.65. The number of benzene rings is 3. The van der Waals surface area contributed by atoms with Crippen LogP contribution in [0.3, 0.4) is 0 Å². The van der Waals surface area contributed by atoms with Gasteiger partial charge in [0, 0.05) is 40.7 Å². The van der Waals surface area contributed by atoms with Gasteiger partial charge in [-0.25, -0.2) is 14.8 Å². The number of rotatable bonds is 8. The Balaban J connectivity index is 1.50. The van der Waals surface area contributed by atoms with E-state index in [1.165, 1.54) is 0 Å². The number of para-hydroxylation sites is 1. The van der Waals surface area contributed by atoms with Gasteiger partial charge in [-0.05, 0) is 34.9 Å². The van der Waals surface area contributed by atoms with Gasteiger partial charge in [0.1, 0.15) is 23.7 Å². The van der Waals surface area contributed by atoms with Crippen molar-refractivity contribution in [3.05, 3.63) is 89.5 Å². The van der Waals surface area contributed by atoms with Gasteiger partial charge in [-0.15, -0.1) is 0 Å². The fraction of sp³-hybridized carbons (Fsp3) is 0.344. The Kier molecular flexibility index (Phi) is 8.72. The molecule has 2 N–H and O–H groups in total. The molecule has 2 aliphatic heterocycles. The number of ether oxygens (including phenoxy) is 1. The monoisotopic (exact) mass is 586 g/mol. The number of piperazine rings is 1. The van der Waals surface area contributed by atoms with E-state index in [1.54, 1.807) is 58.2 Å². The number of nitrogens with one attached hydrogen (secondary N) is 1. The van der Waals surface area contributed by atoms with Crippen LogP contribution in [-0.4, -0.2) is 96.3 Å². The van der Waals surface area contributed by atoms with E-state index in [2.05, 4.69) is 5.32 Å². The molecule has 11 nitrogen and oxygen atoms in total. The summed E-state index contributed by atoms with van der Waals surface area (Å²) in [6.45, 7) is 0.663. The number of amides is 4. The number of aromatic hydroxyl groups is 1. The van der Waals surface area contributed by atoms with Crippen molar-refractivity contribution in [2.24, 2.45) is 0 Å². The van der Waals surface area contributed by atoms with Gasteiger partial charge in [-0.3, -0.25) is 9.59 Å². The van der Waals surface area contributed by atoms with Gasteiger partial charge < -0.3 is 29.9 Å². The van der Waals surface area contributed by atoms with Crippen LogP contribution in [-0.2, 0) is 29.1 Å². The van der Waals surface area contributed by atoms with Gasteiger partial charge in [-0.2, -0.15) is 0 Å². The van der Waals surface area contributed by atoms with E-state index in [0.29, 0.717) is 12.3 Å². The second kappa shape index (κ2) is 12.6. The zero-order valence-electron chi connectivity index (χ0n) is 24.9. The van der Waals surface area contributed by atoms with E-state index >= 15 is 0 Å². The van der Waals surface area contributed by atoms with E-state index in [4.69, 9.17) is 4.74 Å². The van der Waals surface area contributed by atoms with Crippen LogP contribution in [0.25, 0.3) is 0 Å². The summed E-state index contributed by atoms with van der Waals surface area (Å²) in [5, 5.41) is 16.0. The van der Waals surface area contributed by atoms with E-state index in [-0.39, 0.29) is 49.7 Å². The molecule has 3 aromatic rings. The van der Waals surface area contributed by atoms with Crippen LogP contribution in [0.5, 0.6) is 11.5 Å². The van der Waals surface area contributed by atoms with Crippen LogP contribution >= 0.6 is 0 Å². The summed E-state index contributed by atoms with van der Waals surface area (Å²) in [5.41, 5.74) is 3.47. The Bertz CT molecular complexity index is 1460. The molecule has 2 aliphatic rings. The molecule has 0 aromatic heterocycles. The molecular weight excluding hydrogens is 548 g/mol. The molecule has 5 rings (SSSR count). The summed E-state index contributed by atoms with van der Waals surface area (Å²) < 4.78 is 5.61. The molecule has 11 heteroatoms. The van der Waals surface area contributed by atoms with Crippen LogP contribution < -0.4 is 15.0 Å². The maximum Gasteiger partial charge on any atom is 0.334 e. The van der Waals surface area contributed by atoms with Crippen molar-refractivity contribution < 1.29 is 24.2 Å². The zero-order chi connectivity index (χ0) is 30.7. The van der Waals surface area contributed by atoms with E-state index in [0.717, 1.165) is 22.4 Å². The summed E-state index contributed by atoms with van der Waals surface area (Å²) in [7, 11) is 7.16. The van der Waals surface area contributed by atoms with Crippen LogP contribution in [0.1, 0.15) is 16.7 Å². The third-order valence-electron chi connectivity index (χ3n) is 7.91. The summed E-state index contributed by atoms with van der Waals surface area (Å²) in [6, 6.07) is 20.7. The lowest BCUT2D eigenvalue weighted by Gasteiger charge is -2.54. The minimum atomic E-state index is -0.845. The summed E-state index contributed by atoms with van der Waals surface area (Å²) in [6.07, 6.45) is -0.491. The van der Waals surface area contributed by atoms with Crippen molar-refractivity contribution in [1.29, 1.82) is 0 Å². The average Bonchev–Trinajstić information content (AvgIpc) is 2.99. The quantitative estimate of drug-likeness (QED) is 0.418. The Morgan fingerprint density at radius 2 is 1.72 bits per heavy atom. The second-order valence-corrected chi connectivity index (χ2v) is 11.1. The molecule has 226 valence electrons. The molecule has 43 heavy (non-hydrogen) atoms. The highest BCUT2D eigenvalue weighted by Gasteiger charge is 2.50. The van der Waals surface area contributed by atoms with Gasteiger partial charge in [0.25, 0.3) is 0 Å². The predicted molar refractivity (Wildman–Crippen MR) is 162 cm³/mol. The third kappa shape index (κ3) is 6.21. The minimum Gasteiger partial charge on any atom is -0.508 e. The molecule has 0 unspecified atom stereocenters. The van der Waals surface area contributed by atoms with Crippen LogP contribution in [0.4, 0.5) is 10.5 Å². The molecular formula is C32H38N6O5. The molecule has 0 radical (unpaired) electrons. The normalized spacial score (nSPS) is 18.8. The van der Waals surface area contributed by atoms with Gasteiger partial charge in [0.05, 0.1) is 25.9 Å². The van der Waals surface area contributed by atoms with E-state index in [1.807, 2.05) is 67.5 Å². The lowest BCUT2D eigenvalue weighted by atomic mass is 9.98. The topological polar surface area (TPSA) is 109 Å². The number of likely N-dealkylation sites (N-methyl/N-ethyl adjacent to an activating group) is 1. The van der Waals surface area contributed by atoms with Gasteiger partial charge in [0.15, 0.2) is 0 Å². The van der Waals surface area contributed by atoms with E-state index in [9.17, 15) is 19.5 Å². The van der Waals surface area contributed by atoms with Crippen molar-refractivity contribution in [2.75, 3.05) is 46.2 Å². The van der Waals surface area contributed by atoms with Gasteiger partial charge >= 0.3 is 6.03 Å². The lowest BCUT2D eigenvalue weighted by Crippen LogP contribution is -2.76. The first-order valence-corrected chi connectivity index (χ1v) is 14.2. The maximum atomic E-state index is 14.2. The number of carbonyl (C=O) groups excluding carboxylic acids is 3. The number of phenolic OH excluding ortho intramolecular Hbond substituents is 1. The highest BCUT2D eigenvalue weighted by Crippen LogP contribution is 2.34. The second-order valence-electron chi connectivity index (χ2n) is 11.1. The number of anilines is 1. The van der Waals surface area contributed by atoms with Crippen molar-refractivity contribution in [2.45, 2.75) is 31.7 Å². The Hall–Kier alpha value is -4.77. The number of fused-ring (bicyclic) bond motifs is 1. The molecule has 0 bridgehead atoms. The number of nitrogens with zero attached hydrogens (tertiary/aromatic N) is 5.